The van der Waals surface area contributed by atoms with Gasteiger partial charge in [-0.15, -0.1) is 0 Å². The number of fused-ring (bicyclic) bond motifs is 1. The van der Waals surface area contributed by atoms with Gasteiger partial charge in [0.25, 0.3) is 0 Å². The average Bonchev–Trinajstić information content (AvgIpc) is 2.94. The van der Waals surface area contributed by atoms with Crippen LogP contribution in [0.25, 0.3) is 11.0 Å². The number of benzene rings is 2. The van der Waals surface area contributed by atoms with E-state index in [9.17, 15) is 4.79 Å². The molecule has 1 atom stereocenters. The van der Waals surface area contributed by atoms with Crippen LogP contribution in [0.3, 0.4) is 0 Å². The van der Waals surface area contributed by atoms with Crippen molar-refractivity contribution in [1.29, 1.82) is 0 Å². The van der Waals surface area contributed by atoms with E-state index in [2.05, 4.69) is 9.88 Å². The summed E-state index contributed by atoms with van der Waals surface area (Å²) in [6.45, 7) is 4.15. The minimum absolute atomic E-state index is 0.0695. The van der Waals surface area contributed by atoms with Crippen molar-refractivity contribution in [2.24, 2.45) is 0 Å². The second-order valence-corrected chi connectivity index (χ2v) is 6.77. The molecule has 3 rings (SSSR count). The third-order valence-corrected chi connectivity index (χ3v) is 4.85. The summed E-state index contributed by atoms with van der Waals surface area (Å²) in [5.74, 6) is 0.768. The fourth-order valence-electron chi connectivity index (χ4n) is 2.94. The van der Waals surface area contributed by atoms with Crippen molar-refractivity contribution in [1.82, 2.24) is 14.9 Å². The Morgan fingerprint density at radius 1 is 1.20 bits per heavy atom. The number of amides is 1. The van der Waals surface area contributed by atoms with Gasteiger partial charge >= 0.3 is 0 Å². The first-order valence-corrected chi connectivity index (χ1v) is 8.91. The molecule has 0 bridgehead atoms. The lowest BCUT2D eigenvalue weighted by atomic mass is 10.2. The molecular weight excluding hydrogens is 357 g/mol. The zero-order valence-corrected chi connectivity index (χ0v) is 15.6. The highest BCUT2D eigenvalue weighted by atomic mass is 35.5. The molecule has 4 nitrogen and oxygen atoms in total. The number of imidazole rings is 1. The number of carbonyl (C=O) groups excluding carboxylic acids is 1. The fraction of sp³-hybridized carbons (Fsp3) is 0.263. The number of halogens is 2. The minimum Gasteiger partial charge on any atom is -0.346 e. The predicted octanol–water partition coefficient (Wildman–Crippen LogP) is 4.98. The molecule has 0 aliphatic rings. The summed E-state index contributed by atoms with van der Waals surface area (Å²) < 4.78 is 2.12. The second kappa shape index (κ2) is 7.46. The molecule has 3 aromatic rings. The maximum Gasteiger partial charge on any atom is 0.217 e. The van der Waals surface area contributed by atoms with Crippen LogP contribution >= 0.6 is 23.2 Å². The highest BCUT2D eigenvalue weighted by molar-refractivity contribution is 6.42. The van der Waals surface area contributed by atoms with Crippen LogP contribution in [-0.2, 0) is 11.3 Å². The standard InChI is InChI=1S/C19H19Cl2N3O/c1-3-16(22-12(2)25)19-23-17-6-4-5-7-18(17)24(19)11-13-8-9-14(20)15(21)10-13/h4-10,16H,3,11H2,1-2H3,(H,22,25). The first kappa shape index (κ1) is 17.8. The lowest BCUT2D eigenvalue weighted by molar-refractivity contribution is -0.119. The van der Waals surface area contributed by atoms with Crippen molar-refractivity contribution in [2.45, 2.75) is 32.9 Å². The van der Waals surface area contributed by atoms with Crippen molar-refractivity contribution in [2.75, 3.05) is 0 Å². The number of aromatic nitrogens is 2. The molecule has 0 radical (unpaired) electrons. The summed E-state index contributed by atoms with van der Waals surface area (Å²) in [5.41, 5.74) is 2.95. The second-order valence-electron chi connectivity index (χ2n) is 5.95. The Kier molecular flexibility index (Phi) is 5.30. The van der Waals surface area contributed by atoms with Gasteiger partial charge in [0, 0.05) is 13.5 Å². The monoisotopic (exact) mass is 375 g/mol. The van der Waals surface area contributed by atoms with Crippen molar-refractivity contribution in [3.05, 3.63) is 63.9 Å². The highest BCUT2D eigenvalue weighted by Gasteiger charge is 2.20. The van der Waals surface area contributed by atoms with Gasteiger partial charge in [-0.25, -0.2) is 4.98 Å². The van der Waals surface area contributed by atoms with Gasteiger partial charge < -0.3 is 9.88 Å². The third kappa shape index (κ3) is 3.80. The van der Waals surface area contributed by atoms with E-state index in [0.29, 0.717) is 16.6 Å². The molecule has 1 aromatic heterocycles. The summed E-state index contributed by atoms with van der Waals surface area (Å²) in [6.07, 6.45) is 0.754. The Bertz CT molecular complexity index is 920. The molecule has 1 heterocycles. The fourth-order valence-corrected chi connectivity index (χ4v) is 3.26. The van der Waals surface area contributed by atoms with Crippen molar-refractivity contribution >= 4 is 40.1 Å². The summed E-state index contributed by atoms with van der Waals surface area (Å²) in [4.78, 5) is 16.3. The SMILES string of the molecule is CCC(NC(C)=O)c1nc2ccccc2n1Cc1ccc(Cl)c(Cl)c1. The first-order chi connectivity index (χ1) is 12.0. The van der Waals surface area contributed by atoms with E-state index in [1.807, 2.05) is 43.3 Å². The van der Waals surface area contributed by atoms with Crippen LogP contribution in [0.15, 0.2) is 42.5 Å². The van der Waals surface area contributed by atoms with E-state index >= 15 is 0 Å². The third-order valence-electron chi connectivity index (χ3n) is 4.11. The number of nitrogens with zero attached hydrogens (tertiary/aromatic N) is 2. The van der Waals surface area contributed by atoms with Gasteiger partial charge in [0.15, 0.2) is 0 Å². The van der Waals surface area contributed by atoms with E-state index < -0.39 is 0 Å². The molecule has 25 heavy (non-hydrogen) atoms. The largest absolute Gasteiger partial charge is 0.346 e. The molecule has 130 valence electrons. The van der Waals surface area contributed by atoms with Crippen LogP contribution in [0.1, 0.15) is 37.7 Å². The summed E-state index contributed by atoms with van der Waals surface area (Å²) >= 11 is 12.2. The van der Waals surface area contributed by atoms with Crippen LogP contribution in [-0.4, -0.2) is 15.5 Å². The normalized spacial score (nSPS) is 12.3. The average molecular weight is 376 g/mol. The van der Waals surface area contributed by atoms with Gasteiger partial charge in [-0.1, -0.05) is 48.3 Å². The maximum atomic E-state index is 11.6. The Balaban J connectivity index is 2.09. The van der Waals surface area contributed by atoms with Crippen molar-refractivity contribution in [3.63, 3.8) is 0 Å². The molecule has 1 amide bonds. The Labute approximate surface area is 156 Å². The van der Waals surface area contributed by atoms with Crippen LogP contribution in [0, 0.1) is 0 Å². The predicted molar refractivity (Wildman–Crippen MR) is 102 cm³/mol. The zero-order valence-electron chi connectivity index (χ0n) is 14.1. The molecule has 1 N–H and O–H groups in total. The molecule has 6 heteroatoms. The molecule has 1 unspecified atom stereocenters. The van der Waals surface area contributed by atoms with Crippen LogP contribution in [0.5, 0.6) is 0 Å². The van der Waals surface area contributed by atoms with Crippen molar-refractivity contribution in [3.8, 4) is 0 Å². The Morgan fingerprint density at radius 3 is 2.64 bits per heavy atom. The molecule has 0 saturated carbocycles. The summed E-state index contributed by atoms with van der Waals surface area (Å²) in [6, 6.07) is 13.4. The number of rotatable bonds is 5. The van der Waals surface area contributed by atoms with Crippen LogP contribution in [0.2, 0.25) is 10.0 Å². The molecule has 0 aliphatic heterocycles. The van der Waals surface area contributed by atoms with E-state index in [1.54, 1.807) is 6.07 Å². The molecule has 0 aliphatic carbocycles. The molecule has 0 saturated heterocycles. The highest BCUT2D eigenvalue weighted by Crippen LogP contribution is 2.27. The van der Waals surface area contributed by atoms with Crippen LogP contribution in [0.4, 0.5) is 0 Å². The van der Waals surface area contributed by atoms with Gasteiger partial charge in [-0.05, 0) is 36.2 Å². The van der Waals surface area contributed by atoms with Gasteiger partial charge in [0.2, 0.25) is 5.91 Å². The topological polar surface area (TPSA) is 46.9 Å². The zero-order chi connectivity index (χ0) is 18.0. The number of carbonyl (C=O) groups is 1. The smallest absolute Gasteiger partial charge is 0.217 e. The number of para-hydroxylation sites is 2. The number of hydrogen-bond donors (Lipinski definition) is 1. The van der Waals surface area contributed by atoms with E-state index in [4.69, 9.17) is 28.2 Å². The quantitative estimate of drug-likeness (QED) is 0.683. The Hall–Kier alpha value is -2.04. The number of nitrogens with one attached hydrogen (secondary N) is 1. The van der Waals surface area contributed by atoms with E-state index in [1.165, 1.54) is 6.92 Å². The van der Waals surface area contributed by atoms with Crippen molar-refractivity contribution < 1.29 is 4.79 Å². The Morgan fingerprint density at radius 2 is 1.96 bits per heavy atom. The van der Waals surface area contributed by atoms with Gasteiger partial charge in [0.05, 0.1) is 27.1 Å². The molecular formula is C19H19Cl2N3O. The molecule has 0 fully saturated rings. The van der Waals surface area contributed by atoms with Gasteiger partial charge in [-0.2, -0.15) is 0 Å². The minimum atomic E-state index is -0.146. The lowest BCUT2D eigenvalue weighted by Gasteiger charge is -2.18. The van der Waals surface area contributed by atoms with Gasteiger partial charge in [-0.3, -0.25) is 4.79 Å². The summed E-state index contributed by atoms with van der Waals surface area (Å²) in [7, 11) is 0. The van der Waals surface area contributed by atoms with E-state index in [0.717, 1.165) is 28.8 Å². The number of hydrogen-bond acceptors (Lipinski definition) is 2. The van der Waals surface area contributed by atoms with Gasteiger partial charge in [0.1, 0.15) is 5.82 Å². The lowest BCUT2D eigenvalue weighted by Crippen LogP contribution is -2.28. The molecule has 2 aromatic carbocycles. The maximum absolute atomic E-state index is 11.6. The van der Waals surface area contributed by atoms with E-state index in [-0.39, 0.29) is 11.9 Å². The van der Waals surface area contributed by atoms with Crippen LogP contribution < -0.4 is 5.32 Å². The molecule has 0 spiro atoms. The summed E-state index contributed by atoms with van der Waals surface area (Å²) in [5, 5.41) is 4.04. The first-order valence-electron chi connectivity index (χ1n) is 8.15.